The fourth-order valence-corrected chi connectivity index (χ4v) is 8.77. The Labute approximate surface area is 316 Å². The number of piperazine rings is 1. The van der Waals surface area contributed by atoms with Gasteiger partial charge in [-0.05, 0) is 69.5 Å². The largest absolute Gasteiger partial charge is 0.478 e. The van der Waals surface area contributed by atoms with Crippen LogP contribution in [0.4, 0.5) is 0 Å². The van der Waals surface area contributed by atoms with Crippen molar-refractivity contribution in [2.24, 2.45) is 0 Å². The molecular weight excluding hydrogens is 667 g/mol. The molecule has 2 aromatic heterocycles. The molecule has 0 spiro atoms. The quantitative estimate of drug-likeness (QED) is 0.218. The van der Waals surface area contributed by atoms with Gasteiger partial charge in [0.25, 0.3) is 0 Å². The van der Waals surface area contributed by atoms with Crippen LogP contribution in [0, 0.1) is 0 Å². The minimum absolute atomic E-state index is 0.00871. The number of nitrogens with zero attached hydrogens (tertiary/aromatic N) is 6. The summed E-state index contributed by atoms with van der Waals surface area (Å²) >= 11 is 0. The van der Waals surface area contributed by atoms with Crippen molar-refractivity contribution < 1.29 is 24.2 Å². The zero-order valence-corrected chi connectivity index (χ0v) is 32.1. The maximum absolute atomic E-state index is 13.9. The zero-order valence-electron chi connectivity index (χ0n) is 32.1. The van der Waals surface area contributed by atoms with Gasteiger partial charge in [-0.2, -0.15) is 0 Å². The van der Waals surface area contributed by atoms with Crippen LogP contribution >= 0.6 is 0 Å². The second-order valence-electron chi connectivity index (χ2n) is 16.3. The lowest BCUT2D eigenvalue weighted by Gasteiger charge is -2.40. The van der Waals surface area contributed by atoms with Crippen molar-refractivity contribution in [3.05, 3.63) is 47.8 Å². The van der Waals surface area contributed by atoms with Gasteiger partial charge in [0.2, 0.25) is 11.8 Å². The Hall–Kier alpha value is -3.67. The predicted octanol–water partition coefficient (Wildman–Crippen LogP) is 7.30. The molecule has 3 fully saturated rings. The number of carbonyl (C=O) groups excluding carboxylic acids is 2. The molecule has 2 atom stereocenters. The van der Waals surface area contributed by atoms with Crippen LogP contribution in [0.2, 0.25) is 5.31 Å². The molecule has 11 nitrogen and oxygen atoms in total. The van der Waals surface area contributed by atoms with E-state index in [1.165, 1.54) is 38.5 Å². The third-order valence-corrected chi connectivity index (χ3v) is 12.2. The van der Waals surface area contributed by atoms with Crippen LogP contribution in [-0.4, -0.2) is 91.0 Å². The molecular formula is C41H59BN6O5. The number of carboxylic acids is 1. The monoisotopic (exact) mass is 726 g/mol. The second kappa shape index (κ2) is 17.6. The summed E-state index contributed by atoms with van der Waals surface area (Å²) in [6.45, 7) is 6.24. The number of hydrogen-bond acceptors (Lipinski definition) is 6. The van der Waals surface area contributed by atoms with Gasteiger partial charge in [-0.3, -0.25) is 9.59 Å². The van der Waals surface area contributed by atoms with E-state index in [1.54, 1.807) is 35.6 Å². The molecule has 286 valence electrons. The van der Waals surface area contributed by atoms with Gasteiger partial charge in [0.1, 0.15) is 18.9 Å². The molecule has 6 rings (SSSR count). The molecule has 1 aromatic carbocycles. The highest BCUT2D eigenvalue weighted by Crippen LogP contribution is 2.40. The minimum Gasteiger partial charge on any atom is -0.478 e. The zero-order chi connectivity index (χ0) is 37.4. The third-order valence-electron chi connectivity index (χ3n) is 12.2. The Balaban J connectivity index is 1.13. The molecule has 1 N–H and O–H groups in total. The molecule has 3 aromatic rings. The van der Waals surface area contributed by atoms with E-state index in [0.29, 0.717) is 30.0 Å². The number of hydrogen-bond donors (Lipinski definition) is 1. The van der Waals surface area contributed by atoms with Crippen LogP contribution in [-0.2, 0) is 34.0 Å². The summed E-state index contributed by atoms with van der Waals surface area (Å²) in [5, 5.41) is 9.46. The number of benzene rings is 1. The van der Waals surface area contributed by atoms with Crippen molar-refractivity contribution in [1.29, 1.82) is 0 Å². The number of carboxylic acid groups (broad SMARTS) is 1. The van der Waals surface area contributed by atoms with Crippen molar-refractivity contribution in [2.75, 3.05) is 19.7 Å². The Bertz CT molecular complexity index is 1710. The van der Waals surface area contributed by atoms with Gasteiger partial charge in [0, 0.05) is 25.4 Å². The lowest BCUT2D eigenvalue weighted by molar-refractivity contribution is -0.153. The van der Waals surface area contributed by atoms with E-state index in [0.717, 1.165) is 82.9 Å². The first-order valence-electron chi connectivity index (χ1n) is 20.3. The third kappa shape index (κ3) is 9.91. The van der Waals surface area contributed by atoms with Gasteiger partial charge in [0.15, 0.2) is 0 Å². The number of aromatic carboxylic acids is 1. The first kappa shape index (κ1) is 39.0. The molecule has 3 heterocycles. The number of aryl methyl sites for hydroxylation is 1. The molecule has 2 amide bonds. The number of fused-ring (bicyclic) bond motifs is 1. The summed E-state index contributed by atoms with van der Waals surface area (Å²) < 4.78 is 10.8. The van der Waals surface area contributed by atoms with E-state index < -0.39 is 5.97 Å². The van der Waals surface area contributed by atoms with E-state index in [9.17, 15) is 19.5 Å². The van der Waals surface area contributed by atoms with E-state index in [4.69, 9.17) is 17.6 Å². The molecule has 1 saturated heterocycles. The van der Waals surface area contributed by atoms with Crippen molar-refractivity contribution in [3.63, 3.8) is 0 Å². The number of imidazole rings is 2. The van der Waals surface area contributed by atoms with Gasteiger partial charge in [0.05, 0.1) is 55.2 Å². The van der Waals surface area contributed by atoms with Crippen LogP contribution < -0.4 is 0 Å². The van der Waals surface area contributed by atoms with Gasteiger partial charge >= 0.3 is 5.97 Å². The summed E-state index contributed by atoms with van der Waals surface area (Å²) in [7, 11) is 6.93. The Morgan fingerprint density at radius 2 is 1.58 bits per heavy atom. The Morgan fingerprint density at radius 1 is 0.906 bits per heavy atom. The highest BCUT2D eigenvalue weighted by atomic mass is 16.5. The highest BCUT2D eigenvalue weighted by molar-refractivity contribution is 6.15. The van der Waals surface area contributed by atoms with Crippen molar-refractivity contribution in [3.8, 4) is 0 Å². The van der Waals surface area contributed by atoms with Crippen molar-refractivity contribution in [1.82, 2.24) is 28.9 Å². The van der Waals surface area contributed by atoms with Gasteiger partial charge in [-0.1, -0.05) is 77.0 Å². The van der Waals surface area contributed by atoms with Gasteiger partial charge in [-0.15, -0.1) is 0 Å². The van der Waals surface area contributed by atoms with E-state index in [1.807, 2.05) is 21.0 Å². The molecule has 2 unspecified atom stereocenters. The summed E-state index contributed by atoms with van der Waals surface area (Å²) in [4.78, 5) is 52.2. The number of carbonyl (C=O) groups is 3. The number of ether oxygens (including phenoxy) is 1. The molecule has 1 aliphatic heterocycles. The SMILES string of the molecule is [B]C1(COC2(C)CCCCCCCC(N3CC(=O)N(Cc4nc5ccc(C(=O)O)cc5n4Cc4cncn4CC)CC3=O)CCC2)CCCCCCC1. The van der Waals surface area contributed by atoms with Crippen LogP contribution in [0.15, 0.2) is 30.7 Å². The van der Waals surface area contributed by atoms with E-state index >= 15 is 0 Å². The number of aromatic nitrogens is 4. The average molecular weight is 727 g/mol. The summed E-state index contributed by atoms with van der Waals surface area (Å²) in [5.74, 6) is -0.547. The van der Waals surface area contributed by atoms with Crippen molar-refractivity contribution in [2.45, 2.75) is 160 Å². The Kier molecular flexibility index (Phi) is 13.0. The fourth-order valence-electron chi connectivity index (χ4n) is 8.77. The Morgan fingerprint density at radius 3 is 2.32 bits per heavy atom. The molecule has 12 heteroatoms. The topological polar surface area (TPSA) is 123 Å². The molecule has 53 heavy (non-hydrogen) atoms. The lowest BCUT2D eigenvalue weighted by Crippen LogP contribution is -2.56. The first-order valence-corrected chi connectivity index (χ1v) is 20.3. The molecule has 2 radical (unpaired) electrons. The second-order valence-corrected chi connectivity index (χ2v) is 16.3. The van der Waals surface area contributed by atoms with E-state index in [2.05, 4.69) is 11.9 Å². The molecule has 0 bridgehead atoms. The van der Waals surface area contributed by atoms with Crippen LogP contribution in [0.25, 0.3) is 11.0 Å². The minimum atomic E-state index is -1.02. The van der Waals surface area contributed by atoms with E-state index in [-0.39, 0.29) is 54.0 Å². The molecule has 3 aliphatic rings. The predicted molar refractivity (Wildman–Crippen MR) is 206 cm³/mol. The summed E-state index contributed by atoms with van der Waals surface area (Å²) in [6, 6.07) is 4.88. The lowest BCUT2D eigenvalue weighted by atomic mass is 9.62. The summed E-state index contributed by atoms with van der Waals surface area (Å²) in [5.41, 5.74) is 2.16. The van der Waals surface area contributed by atoms with Crippen LogP contribution in [0.1, 0.15) is 145 Å². The normalized spacial score (nSPS) is 24.0. The standard InChI is InChI=1S/C41H59BN6O5/c1-3-45-30-43-24-33(45)25-48-35-23-31(39(51)52)17-18-34(35)44-36(48)26-46-27-38(50)47(28-37(46)49)32-15-10-6-4-7-11-19-40(2,20-14-16-32)53-29-41(42)21-12-8-5-9-13-22-41/h17-18,23-24,30,32H,3-16,19-22,25-29H2,1-2H3,(H,51,52). The maximum Gasteiger partial charge on any atom is 0.335 e. The molecule has 2 saturated carbocycles. The van der Waals surface area contributed by atoms with Crippen LogP contribution in [0.3, 0.4) is 0 Å². The average Bonchev–Trinajstić information content (AvgIpc) is 3.72. The van der Waals surface area contributed by atoms with Crippen molar-refractivity contribution >= 4 is 36.7 Å². The van der Waals surface area contributed by atoms with Crippen LogP contribution in [0.5, 0.6) is 0 Å². The summed E-state index contributed by atoms with van der Waals surface area (Å²) in [6.07, 6.45) is 22.1. The first-order chi connectivity index (χ1) is 25.6. The highest BCUT2D eigenvalue weighted by Gasteiger charge is 2.36. The van der Waals surface area contributed by atoms with Gasteiger partial charge in [-0.25, -0.2) is 14.8 Å². The number of amides is 2. The smallest absolute Gasteiger partial charge is 0.335 e. The number of rotatable bonds is 10. The maximum atomic E-state index is 13.9. The molecule has 2 aliphatic carbocycles. The van der Waals surface area contributed by atoms with Gasteiger partial charge < -0.3 is 28.8 Å². The fraction of sp³-hybridized carbons (Fsp3) is 0.683.